The van der Waals surface area contributed by atoms with Crippen LogP contribution in [0.2, 0.25) is 0 Å². The van der Waals surface area contributed by atoms with Gasteiger partial charge in [0.1, 0.15) is 6.04 Å². The number of aliphatic carboxylic acids is 1. The summed E-state index contributed by atoms with van der Waals surface area (Å²) in [4.78, 5) is 23.2. The van der Waals surface area contributed by atoms with Gasteiger partial charge in [0.25, 0.3) is 0 Å². The fraction of sp³-hybridized carbons (Fsp3) is 0.857. The van der Waals surface area contributed by atoms with E-state index in [0.717, 1.165) is 32.1 Å². The second kappa shape index (κ2) is 8.19. The molecule has 3 N–H and O–H groups in total. The third-order valence-electron chi connectivity index (χ3n) is 4.05. The standard InChI is InChI=1S/C14H24N2O5/c17-13(18)12(10-4-2-1-3-5-10)16-14(19)15-8-11-9-20-6-7-21-11/h10-12H,1-9H2,(H,17,18)(H2,15,16,19). The highest BCUT2D eigenvalue weighted by atomic mass is 16.6. The summed E-state index contributed by atoms with van der Waals surface area (Å²) in [6.07, 6.45) is 4.76. The van der Waals surface area contributed by atoms with Crippen LogP contribution in [-0.2, 0) is 14.3 Å². The Morgan fingerprint density at radius 1 is 1.19 bits per heavy atom. The average molecular weight is 300 g/mol. The summed E-state index contributed by atoms with van der Waals surface area (Å²) in [6, 6.07) is -1.27. The van der Waals surface area contributed by atoms with Crippen LogP contribution in [-0.4, -0.2) is 55.6 Å². The fourth-order valence-electron chi connectivity index (χ4n) is 2.90. The average Bonchev–Trinajstić information content (AvgIpc) is 2.52. The molecule has 7 nitrogen and oxygen atoms in total. The van der Waals surface area contributed by atoms with Crippen molar-refractivity contribution >= 4 is 12.0 Å². The lowest BCUT2D eigenvalue weighted by Crippen LogP contribution is -2.52. The zero-order chi connectivity index (χ0) is 15.1. The highest BCUT2D eigenvalue weighted by Crippen LogP contribution is 2.26. The minimum Gasteiger partial charge on any atom is -0.480 e. The Bertz CT molecular complexity index is 351. The van der Waals surface area contributed by atoms with Gasteiger partial charge in [-0.25, -0.2) is 9.59 Å². The maximum atomic E-state index is 11.9. The van der Waals surface area contributed by atoms with E-state index in [9.17, 15) is 14.7 Å². The van der Waals surface area contributed by atoms with Gasteiger partial charge < -0.3 is 25.2 Å². The molecule has 0 aromatic carbocycles. The van der Waals surface area contributed by atoms with Crippen LogP contribution in [0.5, 0.6) is 0 Å². The lowest BCUT2D eigenvalue weighted by atomic mass is 9.84. The lowest BCUT2D eigenvalue weighted by Gasteiger charge is -2.28. The molecular formula is C14H24N2O5. The van der Waals surface area contributed by atoms with Gasteiger partial charge in [-0.2, -0.15) is 0 Å². The number of carbonyl (C=O) groups excluding carboxylic acids is 1. The van der Waals surface area contributed by atoms with Crippen LogP contribution in [0.1, 0.15) is 32.1 Å². The molecule has 0 bridgehead atoms. The van der Waals surface area contributed by atoms with Crippen molar-refractivity contribution in [1.82, 2.24) is 10.6 Å². The van der Waals surface area contributed by atoms with Gasteiger partial charge in [-0.1, -0.05) is 19.3 Å². The number of carboxylic acids is 1. The Morgan fingerprint density at radius 2 is 1.95 bits per heavy atom. The molecule has 1 heterocycles. The summed E-state index contributed by atoms with van der Waals surface area (Å²) in [5.41, 5.74) is 0. The van der Waals surface area contributed by atoms with E-state index < -0.39 is 18.0 Å². The maximum Gasteiger partial charge on any atom is 0.326 e. The second-order valence-electron chi connectivity index (χ2n) is 5.64. The number of carbonyl (C=O) groups is 2. The summed E-state index contributed by atoms with van der Waals surface area (Å²) >= 11 is 0. The Morgan fingerprint density at radius 3 is 2.57 bits per heavy atom. The summed E-state index contributed by atoms with van der Waals surface area (Å²) < 4.78 is 10.7. The predicted molar refractivity (Wildman–Crippen MR) is 75.1 cm³/mol. The molecule has 2 aliphatic rings. The first kappa shape index (κ1) is 16.0. The third-order valence-corrected chi connectivity index (χ3v) is 4.05. The first-order chi connectivity index (χ1) is 10.2. The number of amides is 2. The number of rotatable bonds is 5. The summed E-state index contributed by atoms with van der Waals surface area (Å²) in [5, 5.41) is 14.5. The van der Waals surface area contributed by atoms with Crippen molar-refractivity contribution in [3.63, 3.8) is 0 Å². The number of hydrogen-bond donors (Lipinski definition) is 3. The van der Waals surface area contributed by atoms with Crippen LogP contribution in [0.25, 0.3) is 0 Å². The molecule has 1 saturated heterocycles. The van der Waals surface area contributed by atoms with Gasteiger partial charge in [0, 0.05) is 6.54 Å². The molecule has 0 spiro atoms. The zero-order valence-electron chi connectivity index (χ0n) is 12.2. The van der Waals surface area contributed by atoms with E-state index in [2.05, 4.69) is 10.6 Å². The first-order valence-corrected chi connectivity index (χ1v) is 7.63. The van der Waals surface area contributed by atoms with Crippen molar-refractivity contribution in [2.24, 2.45) is 5.92 Å². The van der Waals surface area contributed by atoms with Crippen molar-refractivity contribution in [1.29, 1.82) is 0 Å². The first-order valence-electron chi connectivity index (χ1n) is 7.63. The van der Waals surface area contributed by atoms with Gasteiger partial charge in [0.05, 0.1) is 25.9 Å². The number of nitrogens with one attached hydrogen (secondary N) is 2. The van der Waals surface area contributed by atoms with Gasteiger partial charge in [0.15, 0.2) is 0 Å². The minimum absolute atomic E-state index is 0.0243. The fourth-order valence-corrected chi connectivity index (χ4v) is 2.90. The Kier molecular flexibility index (Phi) is 6.25. The smallest absolute Gasteiger partial charge is 0.326 e. The van der Waals surface area contributed by atoms with E-state index >= 15 is 0 Å². The molecule has 7 heteroatoms. The third kappa shape index (κ3) is 5.17. The van der Waals surface area contributed by atoms with E-state index in [0.29, 0.717) is 26.4 Å². The molecule has 0 aromatic rings. The van der Waals surface area contributed by atoms with Crippen LogP contribution < -0.4 is 10.6 Å². The van der Waals surface area contributed by atoms with Crippen molar-refractivity contribution in [2.75, 3.05) is 26.4 Å². The molecule has 1 aliphatic heterocycles. The molecule has 1 saturated carbocycles. The van der Waals surface area contributed by atoms with Crippen LogP contribution in [0.3, 0.4) is 0 Å². The molecule has 0 radical (unpaired) electrons. The molecule has 2 rings (SSSR count). The van der Waals surface area contributed by atoms with E-state index in [-0.39, 0.29) is 12.0 Å². The van der Waals surface area contributed by atoms with Crippen LogP contribution in [0, 0.1) is 5.92 Å². The van der Waals surface area contributed by atoms with Gasteiger partial charge in [-0.05, 0) is 18.8 Å². The van der Waals surface area contributed by atoms with E-state index in [4.69, 9.17) is 9.47 Å². The summed E-state index contributed by atoms with van der Waals surface area (Å²) in [6.45, 7) is 1.87. The lowest BCUT2D eigenvalue weighted by molar-refractivity contribution is -0.141. The van der Waals surface area contributed by atoms with Crippen molar-refractivity contribution in [3.05, 3.63) is 0 Å². The Balaban J connectivity index is 1.76. The molecule has 0 aromatic heterocycles. The van der Waals surface area contributed by atoms with Crippen LogP contribution in [0.4, 0.5) is 4.79 Å². The van der Waals surface area contributed by atoms with Crippen LogP contribution in [0.15, 0.2) is 0 Å². The van der Waals surface area contributed by atoms with E-state index in [1.165, 1.54) is 0 Å². The Labute approximate surface area is 124 Å². The normalized spacial score (nSPS) is 25.0. The summed E-state index contributed by atoms with van der Waals surface area (Å²) in [5.74, 6) is -0.939. The second-order valence-corrected chi connectivity index (χ2v) is 5.64. The summed E-state index contributed by atoms with van der Waals surface area (Å²) in [7, 11) is 0. The maximum absolute atomic E-state index is 11.9. The van der Waals surface area contributed by atoms with Crippen molar-refractivity contribution in [3.8, 4) is 0 Å². The highest BCUT2D eigenvalue weighted by Gasteiger charge is 2.30. The topological polar surface area (TPSA) is 96.9 Å². The number of hydrogen-bond acceptors (Lipinski definition) is 4. The molecule has 2 atom stereocenters. The molecule has 2 amide bonds. The largest absolute Gasteiger partial charge is 0.480 e. The van der Waals surface area contributed by atoms with Gasteiger partial charge >= 0.3 is 12.0 Å². The van der Waals surface area contributed by atoms with Gasteiger partial charge in [0.2, 0.25) is 0 Å². The SMILES string of the molecule is O=C(NCC1COCCO1)NC(C(=O)O)C1CCCCC1. The van der Waals surface area contributed by atoms with Crippen molar-refractivity contribution < 1.29 is 24.2 Å². The molecule has 120 valence electrons. The van der Waals surface area contributed by atoms with E-state index in [1.54, 1.807) is 0 Å². The van der Waals surface area contributed by atoms with Gasteiger partial charge in [-0.3, -0.25) is 0 Å². The van der Waals surface area contributed by atoms with Crippen molar-refractivity contribution in [2.45, 2.75) is 44.2 Å². The van der Waals surface area contributed by atoms with E-state index in [1.807, 2.05) is 0 Å². The van der Waals surface area contributed by atoms with Crippen LogP contribution >= 0.6 is 0 Å². The van der Waals surface area contributed by atoms with Gasteiger partial charge in [-0.15, -0.1) is 0 Å². The Hall–Kier alpha value is -1.34. The number of ether oxygens (including phenoxy) is 2. The minimum atomic E-state index is -0.964. The molecule has 21 heavy (non-hydrogen) atoms. The zero-order valence-corrected chi connectivity index (χ0v) is 12.2. The molecule has 2 fully saturated rings. The molecule has 2 unspecified atom stereocenters. The predicted octanol–water partition coefficient (Wildman–Crippen LogP) is 0.734. The monoisotopic (exact) mass is 300 g/mol. The quantitative estimate of drug-likeness (QED) is 0.695. The molecular weight excluding hydrogens is 276 g/mol. The number of urea groups is 1. The molecule has 1 aliphatic carbocycles. The highest BCUT2D eigenvalue weighted by molar-refractivity contribution is 5.82. The number of carboxylic acid groups (broad SMARTS) is 1.